The SMILES string of the molecule is CC(C)C1CCCN1.CC(C)C1CCNC1.CC(C)N1CCCC1.CC(C)N1CCNCC1.CC(C)NC1CCCCC1.CCOCOC.CCOCOC.CCOCOC.CCOCOC.CCOCOC. The molecule has 4 N–H and O–H groups in total. The first kappa shape index (κ1) is 81.2. The van der Waals surface area contributed by atoms with Crippen molar-refractivity contribution in [1.82, 2.24) is 31.1 Å². The Morgan fingerprint density at radius 1 is 0.425 bits per heavy atom. The van der Waals surface area contributed by atoms with Crippen LogP contribution in [0.1, 0.15) is 168 Å². The first-order valence-corrected chi connectivity index (χ1v) is 28.8. The van der Waals surface area contributed by atoms with Gasteiger partial charge in [-0.3, -0.25) is 4.90 Å². The molecule has 0 aromatic rings. The van der Waals surface area contributed by atoms with Gasteiger partial charge in [0, 0.05) is 125 Å². The van der Waals surface area contributed by atoms with Crippen LogP contribution in [0.3, 0.4) is 0 Å². The second-order valence-electron chi connectivity index (χ2n) is 19.8. The summed E-state index contributed by atoms with van der Waals surface area (Å²) < 4.78 is 46.6. The summed E-state index contributed by atoms with van der Waals surface area (Å²) >= 11 is 0. The Balaban J connectivity index is -0.000000236. The minimum atomic E-state index is 0.413. The van der Waals surface area contributed by atoms with Gasteiger partial charge in [0.1, 0.15) is 34.0 Å². The Morgan fingerprint density at radius 2 is 0.822 bits per heavy atom. The average Bonchev–Trinajstić information content (AvgIpc) is 4.24. The molecule has 2 unspecified atom stereocenters. The highest BCUT2D eigenvalue weighted by Gasteiger charge is 2.18. The minimum absolute atomic E-state index is 0.413. The van der Waals surface area contributed by atoms with Crippen molar-refractivity contribution in [3.8, 4) is 0 Å². The van der Waals surface area contributed by atoms with Crippen LogP contribution in [0.5, 0.6) is 0 Å². The maximum absolute atomic E-state index is 4.76. The van der Waals surface area contributed by atoms with Crippen LogP contribution in [0.25, 0.3) is 0 Å². The van der Waals surface area contributed by atoms with E-state index in [0.29, 0.717) is 40.0 Å². The summed E-state index contributed by atoms with van der Waals surface area (Å²) in [6, 6.07) is 3.82. The number of piperazine rings is 1. The van der Waals surface area contributed by atoms with Gasteiger partial charge in [0.25, 0.3) is 0 Å². The minimum Gasteiger partial charge on any atom is -0.359 e. The molecule has 5 aliphatic rings. The maximum atomic E-state index is 4.76. The molecule has 4 saturated heterocycles. The molecule has 73 heavy (non-hydrogen) atoms. The Labute approximate surface area is 454 Å². The van der Waals surface area contributed by atoms with Crippen molar-refractivity contribution in [2.24, 2.45) is 17.8 Å². The fourth-order valence-corrected chi connectivity index (χ4v) is 7.56. The van der Waals surface area contributed by atoms with E-state index in [9.17, 15) is 0 Å². The van der Waals surface area contributed by atoms with Crippen molar-refractivity contribution >= 4 is 0 Å². The van der Waals surface area contributed by atoms with E-state index in [2.05, 4.69) is 124 Å². The van der Waals surface area contributed by atoms with Gasteiger partial charge in [-0.2, -0.15) is 0 Å². The quantitative estimate of drug-likeness (QED) is 0.0638. The van der Waals surface area contributed by atoms with Crippen molar-refractivity contribution in [1.29, 1.82) is 0 Å². The summed E-state index contributed by atoms with van der Waals surface area (Å²) in [6.45, 7) is 49.2. The van der Waals surface area contributed by atoms with Crippen LogP contribution in [-0.2, 0) is 47.4 Å². The van der Waals surface area contributed by atoms with E-state index < -0.39 is 0 Å². The van der Waals surface area contributed by atoms with Crippen molar-refractivity contribution < 1.29 is 47.4 Å². The monoisotopic (exact) mass is 1060 g/mol. The Kier molecular flexibility index (Phi) is 75.1. The van der Waals surface area contributed by atoms with Gasteiger partial charge < -0.3 is 73.5 Å². The zero-order chi connectivity index (χ0) is 56.2. The van der Waals surface area contributed by atoms with Crippen LogP contribution < -0.4 is 21.3 Å². The van der Waals surface area contributed by atoms with Gasteiger partial charge in [0.05, 0.1) is 0 Å². The molecular formula is C57H130N6O10. The summed E-state index contributed by atoms with van der Waals surface area (Å²) in [5.74, 6) is 2.66. The fourth-order valence-electron chi connectivity index (χ4n) is 7.56. The van der Waals surface area contributed by atoms with Crippen LogP contribution in [-0.4, -0.2) is 201 Å². The lowest BCUT2D eigenvalue weighted by molar-refractivity contribution is -0.0251. The van der Waals surface area contributed by atoms with Crippen LogP contribution in [0.15, 0.2) is 0 Å². The molecule has 0 aromatic carbocycles. The van der Waals surface area contributed by atoms with E-state index in [1.54, 1.807) is 35.5 Å². The molecule has 16 heteroatoms. The Bertz CT molecular complexity index is 820. The summed E-state index contributed by atoms with van der Waals surface area (Å²) in [4.78, 5) is 5.02. The molecule has 16 nitrogen and oxygen atoms in total. The van der Waals surface area contributed by atoms with Crippen molar-refractivity contribution in [3.63, 3.8) is 0 Å². The van der Waals surface area contributed by atoms with E-state index in [-0.39, 0.29) is 0 Å². The molecule has 0 spiro atoms. The molecule has 1 aliphatic carbocycles. The van der Waals surface area contributed by atoms with E-state index >= 15 is 0 Å². The van der Waals surface area contributed by atoms with E-state index in [1.165, 1.54) is 110 Å². The van der Waals surface area contributed by atoms with Gasteiger partial charge in [-0.25, -0.2) is 0 Å². The van der Waals surface area contributed by atoms with Gasteiger partial charge in [-0.1, -0.05) is 60.8 Å². The average molecular weight is 1060 g/mol. The predicted molar refractivity (Wildman–Crippen MR) is 310 cm³/mol. The van der Waals surface area contributed by atoms with Gasteiger partial charge in [-0.15, -0.1) is 0 Å². The molecule has 5 fully saturated rings. The standard InChI is InChI=1S/C9H19N.C7H16N2.3C7H15N.5C4H10O2/c1-8(2)10-9-6-4-3-5-7-9;1-7(2)9-5-3-8-4-6-9;1-6(2)7-3-4-8-5-7;1-7(2)8-5-3-4-6-8;1-6(2)7-4-3-5-8-7;5*1-3-6-4-5-2/h8-10H,3-7H2,1-2H3;7-8H,3-6H2,1-2H3;6-8H,3-5H2,1-2H3;7H,3-6H2,1-2H3;6-8H,3-5H2,1-2H3;5*3-4H2,1-2H3. The molecule has 4 heterocycles. The second-order valence-corrected chi connectivity index (χ2v) is 19.8. The Hall–Kier alpha value is -0.640. The molecule has 0 amide bonds. The third kappa shape index (κ3) is 67.4. The van der Waals surface area contributed by atoms with E-state index in [0.717, 1.165) is 88.0 Å². The summed E-state index contributed by atoms with van der Waals surface area (Å²) in [7, 11) is 8.03. The maximum Gasteiger partial charge on any atom is 0.146 e. The van der Waals surface area contributed by atoms with Crippen LogP contribution in [0.4, 0.5) is 0 Å². The molecule has 448 valence electrons. The van der Waals surface area contributed by atoms with Gasteiger partial charge in [-0.05, 0) is 158 Å². The molecular weight excluding hydrogens is 929 g/mol. The molecule has 4 aliphatic heterocycles. The third-order valence-corrected chi connectivity index (χ3v) is 11.9. The zero-order valence-corrected chi connectivity index (χ0v) is 52.1. The number of hydrogen-bond donors (Lipinski definition) is 4. The molecule has 0 aromatic heterocycles. The normalized spacial score (nSPS) is 18.5. The van der Waals surface area contributed by atoms with Gasteiger partial charge in [0.2, 0.25) is 0 Å². The largest absolute Gasteiger partial charge is 0.359 e. The molecule has 5 rings (SSSR count). The lowest BCUT2D eigenvalue weighted by Gasteiger charge is -2.30. The highest BCUT2D eigenvalue weighted by molar-refractivity contribution is 4.77. The molecule has 2 atom stereocenters. The first-order chi connectivity index (χ1) is 35.1. The number of hydrogen-bond acceptors (Lipinski definition) is 16. The predicted octanol–water partition coefficient (Wildman–Crippen LogP) is 9.89. The first-order valence-electron chi connectivity index (χ1n) is 28.8. The zero-order valence-electron chi connectivity index (χ0n) is 52.1. The van der Waals surface area contributed by atoms with Crippen LogP contribution in [0.2, 0.25) is 0 Å². The second kappa shape index (κ2) is 67.5. The number of likely N-dealkylation sites (tertiary alicyclic amines) is 1. The van der Waals surface area contributed by atoms with Gasteiger partial charge >= 0.3 is 0 Å². The molecule has 0 radical (unpaired) electrons. The lowest BCUT2D eigenvalue weighted by atomic mass is 9.95. The van der Waals surface area contributed by atoms with Crippen molar-refractivity contribution in [2.75, 3.05) is 161 Å². The van der Waals surface area contributed by atoms with E-state index in [4.69, 9.17) is 23.7 Å². The van der Waals surface area contributed by atoms with Crippen molar-refractivity contribution in [3.05, 3.63) is 0 Å². The highest BCUT2D eigenvalue weighted by Crippen LogP contribution is 2.18. The van der Waals surface area contributed by atoms with E-state index in [1.807, 2.05) is 34.6 Å². The highest BCUT2D eigenvalue weighted by atomic mass is 16.7. The van der Waals surface area contributed by atoms with Crippen LogP contribution >= 0.6 is 0 Å². The summed E-state index contributed by atoms with van der Waals surface area (Å²) in [5, 5.41) is 13.7. The lowest BCUT2D eigenvalue weighted by Crippen LogP contribution is -2.46. The van der Waals surface area contributed by atoms with Crippen LogP contribution in [0, 0.1) is 17.8 Å². The smallest absolute Gasteiger partial charge is 0.146 e. The number of ether oxygens (including phenoxy) is 10. The molecule has 0 bridgehead atoms. The summed E-state index contributed by atoms with van der Waals surface area (Å²) in [6.07, 6.45) is 14.1. The Morgan fingerprint density at radius 3 is 1.03 bits per heavy atom. The fraction of sp³-hybridized carbons (Fsp3) is 1.00. The third-order valence-electron chi connectivity index (χ3n) is 11.9. The molecule has 1 saturated carbocycles. The van der Waals surface area contributed by atoms with Crippen molar-refractivity contribution in [2.45, 2.75) is 198 Å². The number of nitrogens with one attached hydrogen (secondary N) is 4. The number of rotatable bonds is 21. The number of nitrogens with zero attached hydrogens (tertiary/aromatic N) is 2. The summed E-state index contributed by atoms with van der Waals surface area (Å²) in [5.41, 5.74) is 0. The van der Waals surface area contributed by atoms with Gasteiger partial charge in [0.15, 0.2) is 0 Å². The number of methoxy groups -OCH3 is 5. The topological polar surface area (TPSA) is 147 Å².